The fourth-order valence-electron chi connectivity index (χ4n) is 4.99. The van der Waals surface area contributed by atoms with Crippen LogP contribution in [0, 0.1) is 12.8 Å². The molecule has 0 saturated carbocycles. The molecule has 2 aromatic heterocycles. The molecule has 0 N–H and O–H groups in total. The lowest BCUT2D eigenvalue weighted by atomic mass is 9.96. The molecule has 3 heterocycles. The van der Waals surface area contributed by atoms with Crippen LogP contribution in [0.4, 0.5) is 0 Å². The number of fused-ring (bicyclic) bond motifs is 1. The molecule has 1 fully saturated rings. The smallest absolute Gasteiger partial charge is 0.253 e. The molecule has 0 bridgehead atoms. The number of imidazole rings is 1. The molecule has 4 aromatic rings. The van der Waals surface area contributed by atoms with Crippen LogP contribution in [-0.4, -0.2) is 63.5 Å². The lowest BCUT2D eigenvalue weighted by Gasteiger charge is -2.25. The van der Waals surface area contributed by atoms with Crippen molar-refractivity contribution in [2.75, 3.05) is 33.2 Å². The van der Waals surface area contributed by atoms with Crippen molar-refractivity contribution < 1.29 is 4.79 Å². The lowest BCUT2D eigenvalue weighted by Crippen LogP contribution is -2.36. The van der Waals surface area contributed by atoms with Crippen molar-refractivity contribution in [1.82, 2.24) is 24.3 Å². The highest BCUT2D eigenvalue weighted by atomic mass is 16.2. The maximum atomic E-state index is 13.6. The average molecular weight is 454 g/mol. The number of aromatic nitrogens is 3. The van der Waals surface area contributed by atoms with Crippen molar-refractivity contribution in [2.45, 2.75) is 19.9 Å². The van der Waals surface area contributed by atoms with Crippen LogP contribution in [0.2, 0.25) is 0 Å². The molecule has 1 saturated heterocycles. The van der Waals surface area contributed by atoms with Gasteiger partial charge in [0.1, 0.15) is 5.82 Å². The minimum Gasteiger partial charge on any atom is -0.337 e. The van der Waals surface area contributed by atoms with Gasteiger partial charge in [-0.25, -0.2) is 4.98 Å². The molecular weight excluding hydrogens is 422 g/mol. The van der Waals surface area contributed by atoms with Gasteiger partial charge in [-0.2, -0.15) is 0 Å². The number of carbonyl (C=O) groups is 1. The molecule has 1 atom stereocenters. The van der Waals surface area contributed by atoms with E-state index in [1.54, 1.807) is 0 Å². The first-order valence-corrected chi connectivity index (χ1v) is 11.9. The number of likely N-dealkylation sites (N-methyl/N-ethyl adjacent to an activating group) is 1. The summed E-state index contributed by atoms with van der Waals surface area (Å²) in [5.41, 5.74) is 4.18. The van der Waals surface area contributed by atoms with Gasteiger partial charge in [-0.05, 0) is 55.6 Å². The number of hydrogen-bond acceptors (Lipinski definition) is 4. The summed E-state index contributed by atoms with van der Waals surface area (Å²) < 4.78 is 2.10. The summed E-state index contributed by atoms with van der Waals surface area (Å²) in [4.78, 5) is 26.9. The van der Waals surface area contributed by atoms with E-state index in [1.807, 2.05) is 54.7 Å². The number of aryl methyl sites for hydroxylation is 1. The van der Waals surface area contributed by atoms with Crippen LogP contribution in [0.15, 0.2) is 73.2 Å². The minimum absolute atomic E-state index is 0.112. The molecule has 1 aliphatic heterocycles. The zero-order valence-electron chi connectivity index (χ0n) is 19.9. The third kappa shape index (κ3) is 4.87. The monoisotopic (exact) mass is 453 g/mol. The van der Waals surface area contributed by atoms with E-state index in [2.05, 4.69) is 56.8 Å². The topological polar surface area (TPSA) is 54.3 Å². The summed E-state index contributed by atoms with van der Waals surface area (Å²) >= 11 is 0. The fraction of sp³-hybridized carbons (Fsp3) is 0.321. The minimum atomic E-state index is 0.112. The lowest BCUT2D eigenvalue weighted by molar-refractivity contribution is 0.0746. The highest BCUT2D eigenvalue weighted by molar-refractivity contribution is 5.94. The van der Waals surface area contributed by atoms with Crippen LogP contribution < -0.4 is 0 Å². The summed E-state index contributed by atoms with van der Waals surface area (Å²) in [6.45, 7) is 6.04. The molecule has 6 heteroatoms. The zero-order valence-corrected chi connectivity index (χ0v) is 19.9. The second-order valence-corrected chi connectivity index (χ2v) is 9.38. The first kappa shape index (κ1) is 22.3. The SMILES string of the molecule is Cc1nccn1Cc1cccc(C(=O)N2CCN(C)C[C@@H](Cc3cccc4cccnc34)C2)c1. The maximum absolute atomic E-state index is 13.6. The van der Waals surface area contributed by atoms with Gasteiger partial charge in [-0.3, -0.25) is 9.78 Å². The number of carbonyl (C=O) groups excluding carboxylic acids is 1. The largest absolute Gasteiger partial charge is 0.337 e. The van der Waals surface area contributed by atoms with Crippen molar-refractivity contribution in [3.8, 4) is 0 Å². The third-order valence-electron chi connectivity index (χ3n) is 6.76. The fourth-order valence-corrected chi connectivity index (χ4v) is 4.99. The molecule has 0 spiro atoms. The summed E-state index contributed by atoms with van der Waals surface area (Å²) in [5, 5.41) is 1.17. The Hall–Kier alpha value is -3.51. The molecular formula is C28H31N5O. The van der Waals surface area contributed by atoms with Gasteiger partial charge in [0.25, 0.3) is 5.91 Å². The molecule has 6 nitrogen and oxygen atoms in total. The van der Waals surface area contributed by atoms with Gasteiger partial charge < -0.3 is 14.4 Å². The van der Waals surface area contributed by atoms with Crippen molar-refractivity contribution in [1.29, 1.82) is 0 Å². The number of nitrogens with zero attached hydrogens (tertiary/aromatic N) is 5. The van der Waals surface area contributed by atoms with Gasteiger partial charge in [0.15, 0.2) is 0 Å². The zero-order chi connectivity index (χ0) is 23.5. The molecule has 1 amide bonds. The van der Waals surface area contributed by atoms with Crippen LogP contribution in [0.25, 0.3) is 10.9 Å². The van der Waals surface area contributed by atoms with Gasteiger partial charge in [0.05, 0.1) is 5.52 Å². The second-order valence-electron chi connectivity index (χ2n) is 9.38. The number of rotatable bonds is 5. The van der Waals surface area contributed by atoms with Gasteiger partial charge in [-0.15, -0.1) is 0 Å². The van der Waals surface area contributed by atoms with E-state index in [-0.39, 0.29) is 5.91 Å². The van der Waals surface area contributed by atoms with Crippen molar-refractivity contribution in [3.63, 3.8) is 0 Å². The average Bonchev–Trinajstić information content (AvgIpc) is 3.15. The van der Waals surface area contributed by atoms with E-state index in [0.717, 1.165) is 55.1 Å². The van der Waals surface area contributed by atoms with Crippen LogP contribution in [0.1, 0.15) is 27.3 Å². The van der Waals surface area contributed by atoms with Crippen molar-refractivity contribution in [2.24, 2.45) is 5.92 Å². The van der Waals surface area contributed by atoms with Crippen molar-refractivity contribution >= 4 is 16.8 Å². The summed E-state index contributed by atoms with van der Waals surface area (Å²) in [6.07, 6.45) is 6.55. The molecule has 5 rings (SSSR count). The number of amides is 1. The molecule has 2 aromatic carbocycles. The van der Waals surface area contributed by atoms with E-state index < -0.39 is 0 Å². The van der Waals surface area contributed by atoms with Gasteiger partial charge >= 0.3 is 0 Å². The van der Waals surface area contributed by atoms with Gasteiger partial charge in [0.2, 0.25) is 0 Å². The first-order valence-electron chi connectivity index (χ1n) is 11.9. The molecule has 0 unspecified atom stereocenters. The predicted molar refractivity (Wildman–Crippen MR) is 135 cm³/mol. The first-order chi connectivity index (χ1) is 16.6. The Bertz CT molecular complexity index is 1290. The highest BCUT2D eigenvalue weighted by Gasteiger charge is 2.26. The van der Waals surface area contributed by atoms with E-state index >= 15 is 0 Å². The van der Waals surface area contributed by atoms with Crippen molar-refractivity contribution in [3.05, 3.63) is 95.7 Å². The summed E-state index contributed by atoms with van der Waals surface area (Å²) in [7, 11) is 2.15. The van der Waals surface area contributed by atoms with E-state index in [4.69, 9.17) is 0 Å². The number of para-hydroxylation sites is 1. The molecule has 1 aliphatic rings. The maximum Gasteiger partial charge on any atom is 0.253 e. The van der Waals surface area contributed by atoms with Crippen LogP contribution in [-0.2, 0) is 13.0 Å². The van der Waals surface area contributed by atoms with Crippen LogP contribution in [0.5, 0.6) is 0 Å². The molecule has 34 heavy (non-hydrogen) atoms. The summed E-state index contributed by atoms with van der Waals surface area (Å²) in [5.74, 6) is 1.43. The Kier molecular flexibility index (Phi) is 6.41. The Morgan fingerprint density at radius 2 is 1.85 bits per heavy atom. The van der Waals surface area contributed by atoms with Crippen LogP contribution in [0.3, 0.4) is 0 Å². The quantitative estimate of drug-likeness (QED) is 0.458. The number of benzene rings is 2. The highest BCUT2D eigenvalue weighted by Crippen LogP contribution is 2.22. The summed E-state index contributed by atoms with van der Waals surface area (Å²) in [6, 6.07) is 18.5. The third-order valence-corrected chi connectivity index (χ3v) is 6.76. The second kappa shape index (κ2) is 9.77. The van der Waals surface area contributed by atoms with Gasteiger partial charge in [0, 0.05) is 62.3 Å². The van der Waals surface area contributed by atoms with Gasteiger partial charge in [-0.1, -0.05) is 36.4 Å². The van der Waals surface area contributed by atoms with E-state index in [0.29, 0.717) is 12.5 Å². The Labute approximate surface area is 200 Å². The number of pyridine rings is 1. The molecule has 174 valence electrons. The number of hydrogen-bond donors (Lipinski definition) is 0. The Morgan fingerprint density at radius 3 is 2.71 bits per heavy atom. The van der Waals surface area contributed by atoms with Crippen LogP contribution >= 0.6 is 0 Å². The van der Waals surface area contributed by atoms with E-state index in [9.17, 15) is 4.79 Å². The Balaban J connectivity index is 1.34. The Morgan fingerprint density at radius 1 is 1.00 bits per heavy atom. The predicted octanol–water partition coefficient (Wildman–Crippen LogP) is 4.03. The standard InChI is InChI=1S/C28H31N5O/c1-21-29-12-13-32(21)19-22-6-3-9-26(16-22)28(34)33-15-14-31(2)18-23(20-33)17-25-8-4-7-24-10-5-11-30-27(24)25/h3-13,16,23H,14-15,17-20H2,1-2H3/t23-/m1/s1. The molecule has 0 radical (unpaired) electrons. The van der Waals surface area contributed by atoms with E-state index in [1.165, 1.54) is 10.9 Å². The molecule has 0 aliphatic carbocycles. The normalized spacial score (nSPS) is 17.1.